The van der Waals surface area contributed by atoms with Crippen molar-refractivity contribution in [2.45, 2.75) is 31.2 Å². The van der Waals surface area contributed by atoms with E-state index in [0.717, 1.165) is 4.31 Å². The van der Waals surface area contributed by atoms with Crippen LogP contribution in [0.1, 0.15) is 30.6 Å². The summed E-state index contributed by atoms with van der Waals surface area (Å²) >= 11 is 0. The zero-order valence-electron chi connectivity index (χ0n) is 15.5. The molecule has 1 aliphatic rings. The van der Waals surface area contributed by atoms with Crippen molar-refractivity contribution < 1.29 is 21.6 Å². The SMILES string of the molecule is CC(C)CN(C(=O)c1cccc(S(=O)(=O)N(C)C)c1)[C@H]1CCS(=O)(=O)C1. The lowest BCUT2D eigenvalue weighted by atomic mass is 10.1. The molecular formula is C17H26N2O5S2. The molecule has 1 aliphatic heterocycles. The van der Waals surface area contributed by atoms with Gasteiger partial charge in [-0.15, -0.1) is 0 Å². The van der Waals surface area contributed by atoms with Crippen LogP contribution in [0.3, 0.4) is 0 Å². The third-order valence-electron chi connectivity index (χ3n) is 4.33. The summed E-state index contributed by atoms with van der Waals surface area (Å²) in [7, 11) is -3.93. The van der Waals surface area contributed by atoms with E-state index < -0.39 is 19.9 Å². The molecule has 1 heterocycles. The van der Waals surface area contributed by atoms with Crippen molar-refractivity contribution in [3.05, 3.63) is 29.8 Å². The number of rotatable bonds is 6. The Balaban J connectivity index is 2.37. The van der Waals surface area contributed by atoms with Crippen LogP contribution in [0.25, 0.3) is 0 Å². The van der Waals surface area contributed by atoms with Gasteiger partial charge in [-0.1, -0.05) is 19.9 Å². The van der Waals surface area contributed by atoms with E-state index in [2.05, 4.69) is 0 Å². The number of sulfonamides is 1. The first-order valence-corrected chi connectivity index (χ1v) is 11.7. The predicted octanol–water partition coefficient (Wildman–Crippen LogP) is 1.22. The molecule has 0 saturated carbocycles. The summed E-state index contributed by atoms with van der Waals surface area (Å²) in [6, 6.07) is 5.52. The summed E-state index contributed by atoms with van der Waals surface area (Å²) in [5.41, 5.74) is 0.248. The molecule has 1 aromatic carbocycles. The maximum Gasteiger partial charge on any atom is 0.254 e. The Morgan fingerprint density at radius 2 is 1.92 bits per heavy atom. The highest BCUT2D eigenvalue weighted by Crippen LogP contribution is 2.23. The first kappa shape index (κ1) is 20.9. The highest BCUT2D eigenvalue weighted by Gasteiger charge is 2.35. The minimum atomic E-state index is -3.65. The fourth-order valence-electron chi connectivity index (χ4n) is 2.98. The van der Waals surface area contributed by atoms with E-state index >= 15 is 0 Å². The molecular weight excluding hydrogens is 376 g/mol. The lowest BCUT2D eigenvalue weighted by Crippen LogP contribution is -2.43. The number of hydrogen-bond donors (Lipinski definition) is 0. The van der Waals surface area contributed by atoms with Crippen LogP contribution in [0.4, 0.5) is 0 Å². The minimum absolute atomic E-state index is 0.0388. The second-order valence-electron chi connectivity index (χ2n) is 7.22. The lowest BCUT2D eigenvalue weighted by Gasteiger charge is -2.30. The Hall–Kier alpha value is -1.45. The van der Waals surface area contributed by atoms with Gasteiger partial charge >= 0.3 is 0 Å². The Morgan fingerprint density at radius 3 is 2.42 bits per heavy atom. The Morgan fingerprint density at radius 1 is 1.27 bits per heavy atom. The summed E-state index contributed by atoms with van der Waals surface area (Å²) in [5, 5.41) is 0. The standard InChI is InChI=1S/C17H26N2O5S2/c1-13(2)11-19(15-8-9-25(21,22)12-15)17(20)14-6-5-7-16(10-14)26(23,24)18(3)4/h5-7,10,13,15H,8-9,11-12H2,1-4H3/t15-/m0/s1. The van der Waals surface area contributed by atoms with Crippen molar-refractivity contribution in [1.29, 1.82) is 0 Å². The molecule has 2 rings (SSSR count). The smallest absolute Gasteiger partial charge is 0.254 e. The molecule has 1 atom stereocenters. The van der Waals surface area contributed by atoms with Crippen LogP contribution in [0, 0.1) is 5.92 Å². The molecule has 0 aliphatic carbocycles. The molecule has 0 aromatic heterocycles. The van der Waals surface area contributed by atoms with Crippen LogP contribution in [-0.4, -0.2) is 70.1 Å². The van der Waals surface area contributed by atoms with Crippen LogP contribution < -0.4 is 0 Å². The molecule has 1 aromatic rings. The third kappa shape index (κ3) is 4.63. The molecule has 7 nitrogen and oxygen atoms in total. The van der Waals surface area contributed by atoms with Crippen molar-refractivity contribution in [2.24, 2.45) is 5.92 Å². The number of carbonyl (C=O) groups is 1. The van der Waals surface area contributed by atoms with Crippen LogP contribution in [0.2, 0.25) is 0 Å². The topological polar surface area (TPSA) is 91.8 Å². The van der Waals surface area contributed by atoms with Crippen molar-refractivity contribution in [3.8, 4) is 0 Å². The van der Waals surface area contributed by atoms with Gasteiger partial charge in [0.15, 0.2) is 9.84 Å². The molecule has 1 saturated heterocycles. The number of hydrogen-bond acceptors (Lipinski definition) is 5. The Labute approximate surface area is 156 Å². The largest absolute Gasteiger partial charge is 0.334 e. The van der Waals surface area contributed by atoms with Crippen molar-refractivity contribution in [2.75, 3.05) is 32.1 Å². The van der Waals surface area contributed by atoms with Crippen molar-refractivity contribution >= 4 is 25.8 Å². The van der Waals surface area contributed by atoms with Crippen LogP contribution in [0.15, 0.2) is 29.2 Å². The van der Waals surface area contributed by atoms with Gasteiger partial charge in [0, 0.05) is 32.2 Å². The van der Waals surface area contributed by atoms with Gasteiger partial charge in [0.05, 0.1) is 16.4 Å². The van der Waals surface area contributed by atoms with E-state index in [1.807, 2.05) is 13.8 Å². The molecule has 0 unspecified atom stereocenters. The van der Waals surface area contributed by atoms with E-state index in [-0.39, 0.29) is 39.8 Å². The monoisotopic (exact) mass is 402 g/mol. The number of nitrogens with zero attached hydrogens (tertiary/aromatic N) is 2. The maximum atomic E-state index is 13.1. The number of sulfone groups is 1. The highest BCUT2D eigenvalue weighted by atomic mass is 32.2. The average Bonchev–Trinajstić information content (AvgIpc) is 2.91. The second kappa shape index (κ2) is 7.66. The summed E-state index contributed by atoms with van der Waals surface area (Å²) in [4.78, 5) is 14.7. The van der Waals surface area contributed by atoms with Gasteiger partial charge in [0.1, 0.15) is 0 Å². The normalized spacial score (nSPS) is 19.8. The molecule has 1 amide bonds. The predicted molar refractivity (Wildman–Crippen MR) is 100 cm³/mol. The zero-order chi connectivity index (χ0) is 19.7. The van der Waals surface area contributed by atoms with E-state index in [1.54, 1.807) is 11.0 Å². The van der Waals surface area contributed by atoms with Gasteiger partial charge in [0.25, 0.3) is 5.91 Å². The van der Waals surface area contributed by atoms with Crippen molar-refractivity contribution in [3.63, 3.8) is 0 Å². The molecule has 146 valence electrons. The lowest BCUT2D eigenvalue weighted by molar-refractivity contribution is 0.0672. The molecule has 0 spiro atoms. The summed E-state index contributed by atoms with van der Waals surface area (Å²) in [5.74, 6) is -0.136. The zero-order valence-corrected chi connectivity index (χ0v) is 17.2. The summed E-state index contributed by atoms with van der Waals surface area (Å²) in [6.07, 6.45) is 0.413. The highest BCUT2D eigenvalue weighted by molar-refractivity contribution is 7.91. The van der Waals surface area contributed by atoms with Gasteiger partial charge in [0.2, 0.25) is 10.0 Å². The molecule has 26 heavy (non-hydrogen) atoms. The molecule has 9 heteroatoms. The summed E-state index contributed by atoms with van der Waals surface area (Å²) in [6.45, 7) is 4.33. The number of amides is 1. The fraction of sp³-hybridized carbons (Fsp3) is 0.588. The number of benzene rings is 1. The second-order valence-corrected chi connectivity index (χ2v) is 11.6. The summed E-state index contributed by atoms with van der Waals surface area (Å²) < 4.78 is 49.4. The van der Waals surface area contributed by atoms with Gasteiger partial charge in [-0.3, -0.25) is 4.79 Å². The number of carbonyl (C=O) groups excluding carboxylic acids is 1. The first-order valence-electron chi connectivity index (χ1n) is 8.48. The van der Waals surface area contributed by atoms with E-state index in [1.165, 1.54) is 32.3 Å². The van der Waals surface area contributed by atoms with Crippen LogP contribution in [-0.2, 0) is 19.9 Å². The molecule has 1 fully saturated rings. The van der Waals surface area contributed by atoms with Crippen LogP contribution in [0.5, 0.6) is 0 Å². The van der Waals surface area contributed by atoms with Crippen molar-refractivity contribution in [1.82, 2.24) is 9.21 Å². The maximum absolute atomic E-state index is 13.1. The minimum Gasteiger partial charge on any atom is -0.334 e. The first-order chi connectivity index (χ1) is 11.9. The Kier molecular flexibility index (Phi) is 6.14. The van der Waals surface area contributed by atoms with Gasteiger partial charge in [-0.25, -0.2) is 21.1 Å². The fourth-order valence-corrected chi connectivity index (χ4v) is 5.66. The molecule has 0 bridgehead atoms. The van der Waals surface area contributed by atoms with E-state index in [4.69, 9.17) is 0 Å². The molecule has 0 N–H and O–H groups in total. The Bertz CT molecular complexity index is 876. The average molecular weight is 403 g/mol. The van der Waals surface area contributed by atoms with E-state index in [9.17, 15) is 21.6 Å². The van der Waals surface area contributed by atoms with Gasteiger partial charge in [-0.05, 0) is 30.5 Å². The van der Waals surface area contributed by atoms with Gasteiger partial charge in [-0.2, -0.15) is 0 Å². The third-order valence-corrected chi connectivity index (χ3v) is 7.89. The van der Waals surface area contributed by atoms with Gasteiger partial charge < -0.3 is 4.90 Å². The van der Waals surface area contributed by atoms with Crippen LogP contribution >= 0.6 is 0 Å². The quantitative estimate of drug-likeness (QED) is 0.713. The van der Waals surface area contributed by atoms with E-state index in [0.29, 0.717) is 13.0 Å². The molecule has 0 radical (unpaired) electrons.